The van der Waals surface area contributed by atoms with Gasteiger partial charge in [0.2, 0.25) is 11.8 Å². The Hall–Kier alpha value is -3.36. The number of benzene rings is 3. The highest BCUT2D eigenvalue weighted by Crippen LogP contribution is 2.27. The topological polar surface area (TPSA) is 86.8 Å². The van der Waals surface area contributed by atoms with Crippen molar-refractivity contribution in [3.63, 3.8) is 0 Å². The molecule has 0 fully saturated rings. The fourth-order valence-corrected chi connectivity index (χ4v) is 6.05. The van der Waals surface area contributed by atoms with Gasteiger partial charge in [0.15, 0.2) is 0 Å². The molecule has 0 aromatic heterocycles. The van der Waals surface area contributed by atoms with E-state index in [1.807, 2.05) is 26.0 Å². The number of amides is 2. The minimum absolute atomic E-state index is 0.0781. The maximum Gasteiger partial charge on any atom is 0.264 e. The summed E-state index contributed by atoms with van der Waals surface area (Å²) in [5, 5.41) is 3.49. The van der Waals surface area contributed by atoms with Gasteiger partial charge in [-0.25, -0.2) is 8.42 Å². The molecule has 0 aliphatic carbocycles. The van der Waals surface area contributed by atoms with Gasteiger partial charge in [0, 0.05) is 18.1 Å². The molecule has 0 unspecified atom stereocenters. The number of nitrogens with zero attached hydrogens (tertiary/aromatic N) is 2. The van der Waals surface area contributed by atoms with E-state index >= 15 is 0 Å². The highest BCUT2D eigenvalue weighted by atomic mass is 35.5. The van der Waals surface area contributed by atoms with Gasteiger partial charge in [-0.05, 0) is 66.3 Å². The number of hydrogen-bond acceptors (Lipinski definition) is 4. The lowest BCUT2D eigenvalue weighted by Gasteiger charge is -2.33. The van der Waals surface area contributed by atoms with Crippen molar-refractivity contribution in [1.82, 2.24) is 10.2 Å². The fraction of sp³-hybridized carbons (Fsp3) is 0.375. The minimum atomic E-state index is -4.10. The van der Waals surface area contributed by atoms with Crippen LogP contribution in [0.5, 0.6) is 0 Å². The van der Waals surface area contributed by atoms with Crippen molar-refractivity contribution in [3.8, 4) is 0 Å². The van der Waals surface area contributed by atoms with Crippen LogP contribution in [0.2, 0.25) is 5.02 Å². The van der Waals surface area contributed by atoms with Crippen LogP contribution in [0.15, 0.2) is 83.8 Å². The Kier molecular flexibility index (Phi) is 11.8. The van der Waals surface area contributed by atoms with Gasteiger partial charge in [0.1, 0.15) is 12.6 Å². The molecule has 3 aromatic rings. The van der Waals surface area contributed by atoms with Crippen LogP contribution in [0.3, 0.4) is 0 Å². The number of carbonyl (C=O) groups excluding carboxylic acids is 2. The first kappa shape index (κ1) is 32.2. The molecule has 1 N–H and O–H groups in total. The summed E-state index contributed by atoms with van der Waals surface area (Å²) in [6.45, 7) is 8.16. The molecule has 0 saturated carbocycles. The van der Waals surface area contributed by atoms with E-state index in [4.69, 9.17) is 11.6 Å². The summed E-state index contributed by atoms with van der Waals surface area (Å²) < 4.78 is 29.0. The maximum atomic E-state index is 14.1. The number of sulfonamides is 1. The Morgan fingerprint density at radius 3 is 2.10 bits per heavy atom. The molecule has 2 amide bonds. The van der Waals surface area contributed by atoms with Crippen LogP contribution in [0.4, 0.5) is 5.69 Å². The van der Waals surface area contributed by atoms with Crippen LogP contribution >= 0.6 is 11.6 Å². The highest BCUT2D eigenvalue weighted by Gasteiger charge is 2.33. The summed E-state index contributed by atoms with van der Waals surface area (Å²) in [5.74, 6) is -0.483. The van der Waals surface area contributed by atoms with Crippen LogP contribution in [0.1, 0.15) is 64.0 Å². The van der Waals surface area contributed by atoms with E-state index in [1.165, 1.54) is 17.0 Å². The lowest BCUT2D eigenvalue weighted by Crippen LogP contribution is -2.52. The Labute approximate surface area is 249 Å². The highest BCUT2D eigenvalue weighted by molar-refractivity contribution is 7.92. The van der Waals surface area contributed by atoms with Crippen molar-refractivity contribution in [1.29, 1.82) is 0 Å². The second kappa shape index (κ2) is 15.0. The molecule has 0 saturated heterocycles. The molecule has 0 radical (unpaired) electrons. The third-order valence-electron chi connectivity index (χ3n) is 6.94. The molecule has 41 heavy (non-hydrogen) atoms. The first-order valence-electron chi connectivity index (χ1n) is 14.1. The molecular weight excluding hydrogens is 558 g/mol. The normalized spacial score (nSPS) is 12.1. The average Bonchev–Trinajstić information content (AvgIpc) is 2.97. The zero-order valence-electron chi connectivity index (χ0n) is 24.2. The van der Waals surface area contributed by atoms with E-state index in [-0.39, 0.29) is 23.3 Å². The standard InChI is InChI=1S/C32H40ClN3O4S/c1-5-7-21-34-32(38)30(6-2)35(22-25-13-17-27(33)18-14-25)31(37)23-36(28-19-15-26(16-20-28)24(3)4)41(39,40)29-11-9-8-10-12-29/h8-20,24,30H,5-7,21-23H2,1-4H3,(H,34,38)/t30-/m0/s1. The van der Waals surface area contributed by atoms with Gasteiger partial charge in [0.05, 0.1) is 10.6 Å². The number of carbonyl (C=O) groups is 2. The third-order valence-corrected chi connectivity index (χ3v) is 8.98. The van der Waals surface area contributed by atoms with Gasteiger partial charge >= 0.3 is 0 Å². The molecule has 0 bridgehead atoms. The third kappa shape index (κ3) is 8.57. The molecular formula is C32H40ClN3O4S. The van der Waals surface area contributed by atoms with E-state index in [9.17, 15) is 18.0 Å². The number of hydrogen-bond donors (Lipinski definition) is 1. The molecule has 0 aliphatic rings. The number of nitrogens with one attached hydrogen (secondary N) is 1. The van der Waals surface area contributed by atoms with Gasteiger partial charge in [-0.2, -0.15) is 0 Å². The Morgan fingerprint density at radius 2 is 1.54 bits per heavy atom. The Bertz CT molecular complexity index is 1380. The number of unbranched alkanes of at least 4 members (excludes halogenated alkanes) is 1. The fourth-order valence-electron chi connectivity index (χ4n) is 4.49. The second-order valence-corrected chi connectivity index (χ2v) is 12.6. The first-order valence-corrected chi connectivity index (χ1v) is 15.9. The molecule has 3 rings (SSSR count). The summed E-state index contributed by atoms with van der Waals surface area (Å²) >= 11 is 6.08. The molecule has 9 heteroatoms. The average molecular weight is 598 g/mol. The van der Waals surface area contributed by atoms with E-state index in [1.54, 1.807) is 54.6 Å². The van der Waals surface area contributed by atoms with E-state index in [2.05, 4.69) is 19.2 Å². The van der Waals surface area contributed by atoms with Gasteiger partial charge in [-0.3, -0.25) is 13.9 Å². The van der Waals surface area contributed by atoms with Gasteiger partial charge in [-0.1, -0.05) is 88.2 Å². The molecule has 3 aromatic carbocycles. The van der Waals surface area contributed by atoms with Crippen molar-refractivity contribution >= 4 is 39.1 Å². The first-order chi connectivity index (χ1) is 19.6. The molecule has 220 valence electrons. The van der Waals surface area contributed by atoms with Crippen LogP contribution in [-0.2, 0) is 26.2 Å². The second-order valence-electron chi connectivity index (χ2n) is 10.3. The van der Waals surface area contributed by atoms with Crippen molar-refractivity contribution in [2.45, 2.75) is 70.4 Å². The predicted molar refractivity (Wildman–Crippen MR) is 166 cm³/mol. The maximum absolute atomic E-state index is 14.1. The lowest BCUT2D eigenvalue weighted by molar-refractivity contribution is -0.140. The van der Waals surface area contributed by atoms with E-state index in [0.717, 1.165) is 28.3 Å². The largest absolute Gasteiger partial charge is 0.354 e. The van der Waals surface area contributed by atoms with Gasteiger partial charge < -0.3 is 10.2 Å². The van der Waals surface area contributed by atoms with Crippen LogP contribution < -0.4 is 9.62 Å². The monoisotopic (exact) mass is 597 g/mol. The molecule has 1 atom stereocenters. The zero-order chi connectivity index (χ0) is 30.0. The van der Waals surface area contributed by atoms with Gasteiger partial charge in [-0.15, -0.1) is 0 Å². The molecule has 0 aliphatic heterocycles. The van der Waals surface area contributed by atoms with Crippen LogP contribution in [-0.4, -0.2) is 44.3 Å². The van der Waals surface area contributed by atoms with Crippen LogP contribution in [0, 0.1) is 0 Å². The predicted octanol–water partition coefficient (Wildman–Crippen LogP) is 6.38. The SMILES string of the molecule is CCCCNC(=O)[C@H](CC)N(Cc1ccc(Cl)cc1)C(=O)CN(c1ccc(C(C)C)cc1)S(=O)(=O)c1ccccc1. The number of halogens is 1. The van der Waals surface area contributed by atoms with Crippen molar-refractivity contribution in [3.05, 3.63) is 95.0 Å². The zero-order valence-corrected chi connectivity index (χ0v) is 25.8. The summed E-state index contributed by atoms with van der Waals surface area (Å²) in [4.78, 5) is 28.9. The summed E-state index contributed by atoms with van der Waals surface area (Å²) in [7, 11) is -4.10. The Morgan fingerprint density at radius 1 is 0.902 bits per heavy atom. The summed E-state index contributed by atoms with van der Waals surface area (Å²) in [6.07, 6.45) is 2.11. The summed E-state index contributed by atoms with van der Waals surface area (Å²) in [6, 6.07) is 21.5. The van der Waals surface area contributed by atoms with E-state index < -0.39 is 28.5 Å². The van der Waals surface area contributed by atoms with Crippen molar-refractivity contribution in [2.24, 2.45) is 0 Å². The molecule has 7 nitrogen and oxygen atoms in total. The lowest BCUT2D eigenvalue weighted by atomic mass is 10.0. The number of rotatable bonds is 14. The van der Waals surface area contributed by atoms with Crippen LogP contribution in [0.25, 0.3) is 0 Å². The quantitative estimate of drug-likeness (QED) is 0.218. The molecule has 0 spiro atoms. The van der Waals surface area contributed by atoms with Crippen molar-refractivity contribution < 1.29 is 18.0 Å². The van der Waals surface area contributed by atoms with Gasteiger partial charge in [0.25, 0.3) is 10.0 Å². The minimum Gasteiger partial charge on any atom is -0.354 e. The smallest absolute Gasteiger partial charge is 0.264 e. The van der Waals surface area contributed by atoms with E-state index in [0.29, 0.717) is 23.7 Å². The van der Waals surface area contributed by atoms with Crippen molar-refractivity contribution in [2.75, 3.05) is 17.4 Å². The Balaban J connectivity index is 2.03. The molecule has 0 heterocycles. The number of anilines is 1. The summed E-state index contributed by atoms with van der Waals surface area (Å²) in [5.41, 5.74) is 2.20.